The van der Waals surface area contributed by atoms with Crippen molar-refractivity contribution >= 4 is 10.0 Å². The third kappa shape index (κ3) is 2.56. The lowest BCUT2D eigenvalue weighted by molar-refractivity contribution is -0.137. The Kier molecular flexibility index (Phi) is 3.94. The predicted octanol–water partition coefficient (Wildman–Crippen LogP) is 5.36. The molecule has 3 aromatic rings. The van der Waals surface area contributed by atoms with Crippen molar-refractivity contribution in [1.29, 1.82) is 0 Å². The van der Waals surface area contributed by atoms with E-state index in [4.69, 9.17) is 4.74 Å². The van der Waals surface area contributed by atoms with Crippen molar-refractivity contribution in [3.05, 3.63) is 94.5 Å². The van der Waals surface area contributed by atoms with Gasteiger partial charge >= 0.3 is 6.18 Å². The van der Waals surface area contributed by atoms with E-state index in [0.717, 1.165) is 28.8 Å². The van der Waals surface area contributed by atoms with E-state index in [2.05, 4.69) is 0 Å². The molecule has 0 unspecified atom stereocenters. The quantitative estimate of drug-likeness (QED) is 0.521. The average Bonchev–Trinajstić information content (AvgIpc) is 3.21. The van der Waals surface area contributed by atoms with Crippen molar-refractivity contribution in [2.24, 2.45) is 0 Å². The SMILES string of the molecule is Cc1ccc(S(=O)(=O)N2[C@@H]3Oc4ccc(C(F)(F)F)cc4[C@H]4[C@@H]3c3ccccc3[C@H]42)cc1. The third-order valence-electron chi connectivity index (χ3n) is 6.77. The van der Waals surface area contributed by atoms with Gasteiger partial charge in [-0.1, -0.05) is 42.0 Å². The summed E-state index contributed by atoms with van der Waals surface area (Å²) >= 11 is 0. The Morgan fingerprint density at radius 1 is 0.875 bits per heavy atom. The van der Waals surface area contributed by atoms with Crippen LogP contribution in [0, 0.1) is 6.92 Å². The number of halogens is 3. The molecule has 3 aromatic carbocycles. The monoisotopic (exact) mass is 457 g/mol. The lowest BCUT2D eigenvalue weighted by Gasteiger charge is -2.36. The van der Waals surface area contributed by atoms with Crippen LogP contribution < -0.4 is 4.74 Å². The van der Waals surface area contributed by atoms with Crippen LogP contribution in [-0.4, -0.2) is 19.0 Å². The van der Waals surface area contributed by atoms with Gasteiger partial charge in [0.15, 0.2) is 6.23 Å². The Hall–Kier alpha value is -2.84. The fourth-order valence-corrected chi connectivity index (χ4v) is 7.15. The summed E-state index contributed by atoms with van der Waals surface area (Å²) in [5.41, 5.74) is 2.33. The molecule has 32 heavy (non-hydrogen) atoms. The number of hydrogen-bond donors (Lipinski definition) is 0. The van der Waals surface area contributed by atoms with E-state index >= 15 is 0 Å². The smallest absolute Gasteiger partial charge is 0.416 e. The zero-order chi connectivity index (χ0) is 22.4. The average molecular weight is 457 g/mol. The number of rotatable bonds is 2. The molecule has 6 rings (SSSR count). The first kappa shape index (κ1) is 19.8. The van der Waals surface area contributed by atoms with E-state index in [-0.39, 0.29) is 10.8 Å². The Morgan fingerprint density at radius 2 is 1.56 bits per heavy atom. The van der Waals surface area contributed by atoms with Crippen LogP contribution in [-0.2, 0) is 16.2 Å². The summed E-state index contributed by atoms with van der Waals surface area (Å²) in [4.78, 5) is 0.141. The standard InChI is InChI=1S/C24H18F3NO3S/c1-13-6-9-15(10-7-13)32(29,30)28-22-17-5-3-2-4-16(17)21-20(22)18-12-14(24(25,26)27)8-11-19(18)31-23(21)28/h2-12,20-23H,1H3/t20-,21-,22+,23+/m0/s1. The molecule has 1 fully saturated rings. The van der Waals surface area contributed by atoms with E-state index in [0.29, 0.717) is 11.3 Å². The second kappa shape index (κ2) is 6.36. The number of aryl methyl sites for hydroxylation is 1. The molecule has 0 amide bonds. The van der Waals surface area contributed by atoms with Gasteiger partial charge in [-0.25, -0.2) is 8.42 Å². The van der Waals surface area contributed by atoms with Gasteiger partial charge in [0, 0.05) is 17.4 Å². The van der Waals surface area contributed by atoms with Gasteiger partial charge in [-0.05, 0) is 48.4 Å². The molecule has 0 aromatic heterocycles. The van der Waals surface area contributed by atoms with E-state index in [9.17, 15) is 21.6 Å². The number of sulfonamides is 1. The van der Waals surface area contributed by atoms with Crippen LogP contribution in [0.15, 0.2) is 71.6 Å². The summed E-state index contributed by atoms with van der Waals surface area (Å²) in [7, 11) is -3.95. The van der Waals surface area contributed by atoms with Crippen LogP contribution in [0.25, 0.3) is 0 Å². The lowest BCUT2D eigenvalue weighted by Crippen LogP contribution is -2.44. The van der Waals surface area contributed by atoms with Crippen LogP contribution in [0.4, 0.5) is 13.2 Å². The summed E-state index contributed by atoms with van der Waals surface area (Å²) in [5, 5.41) is 0. The highest BCUT2D eigenvalue weighted by Gasteiger charge is 2.64. The highest BCUT2D eigenvalue weighted by atomic mass is 32.2. The molecule has 4 bridgehead atoms. The molecule has 8 heteroatoms. The van der Waals surface area contributed by atoms with Gasteiger partial charge in [-0.2, -0.15) is 17.5 Å². The van der Waals surface area contributed by atoms with Gasteiger partial charge in [0.05, 0.1) is 16.5 Å². The fourth-order valence-electron chi connectivity index (χ4n) is 5.44. The fraction of sp³-hybridized carbons (Fsp3) is 0.250. The molecule has 2 heterocycles. The highest BCUT2D eigenvalue weighted by molar-refractivity contribution is 7.89. The molecule has 1 aliphatic carbocycles. The maximum absolute atomic E-state index is 13.7. The topological polar surface area (TPSA) is 46.6 Å². The van der Waals surface area contributed by atoms with Crippen molar-refractivity contribution in [1.82, 2.24) is 4.31 Å². The van der Waals surface area contributed by atoms with E-state index in [1.165, 1.54) is 10.4 Å². The molecular formula is C24H18F3NO3S. The molecule has 2 aliphatic heterocycles. The number of benzene rings is 3. The maximum Gasteiger partial charge on any atom is 0.416 e. The van der Waals surface area contributed by atoms with Crippen LogP contribution in [0.2, 0.25) is 0 Å². The van der Waals surface area contributed by atoms with Crippen LogP contribution in [0.5, 0.6) is 5.75 Å². The first-order valence-corrected chi connectivity index (χ1v) is 11.7. The number of nitrogens with zero attached hydrogens (tertiary/aromatic N) is 1. The van der Waals surface area contributed by atoms with Crippen LogP contribution >= 0.6 is 0 Å². The Bertz CT molecular complexity index is 1350. The summed E-state index contributed by atoms with van der Waals surface area (Å²) in [5.74, 6) is -0.500. The zero-order valence-corrected chi connectivity index (χ0v) is 17.7. The molecule has 164 valence electrons. The maximum atomic E-state index is 13.7. The number of fused-ring (bicyclic) bond motifs is 3. The van der Waals surface area contributed by atoms with Crippen molar-refractivity contribution < 1.29 is 26.3 Å². The first-order valence-electron chi connectivity index (χ1n) is 10.2. The van der Waals surface area contributed by atoms with Gasteiger partial charge in [0.25, 0.3) is 0 Å². The minimum Gasteiger partial charge on any atom is -0.473 e. The summed E-state index contributed by atoms with van der Waals surface area (Å²) in [6.07, 6.45) is -5.31. The normalized spacial score (nSPS) is 25.9. The van der Waals surface area contributed by atoms with E-state index < -0.39 is 40.0 Å². The van der Waals surface area contributed by atoms with Gasteiger partial charge in [-0.15, -0.1) is 0 Å². The highest BCUT2D eigenvalue weighted by Crippen LogP contribution is 2.67. The molecule has 4 atom stereocenters. The molecular weight excluding hydrogens is 439 g/mol. The van der Waals surface area contributed by atoms with Crippen molar-refractivity contribution in [3.8, 4) is 5.75 Å². The molecule has 4 nitrogen and oxygen atoms in total. The molecule has 0 radical (unpaired) electrons. The molecule has 1 saturated heterocycles. The lowest BCUT2D eigenvalue weighted by atomic mass is 9.84. The molecule has 3 aliphatic rings. The van der Waals surface area contributed by atoms with Crippen LogP contribution in [0.3, 0.4) is 0 Å². The summed E-state index contributed by atoms with van der Waals surface area (Å²) < 4.78 is 75.3. The van der Waals surface area contributed by atoms with Crippen molar-refractivity contribution in [3.63, 3.8) is 0 Å². The number of ether oxygens (including phenoxy) is 1. The van der Waals surface area contributed by atoms with Crippen molar-refractivity contribution in [2.75, 3.05) is 0 Å². The Labute approximate surface area is 183 Å². The van der Waals surface area contributed by atoms with Gasteiger partial charge in [0.1, 0.15) is 5.75 Å². The van der Waals surface area contributed by atoms with Crippen molar-refractivity contribution in [2.45, 2.75) is 42.1 Å². The third-order valence-corrected chi connectivity index (χ3v) is 8.63. The number of alkyl halides is 3. The van der Waals surface area contributed by atoms with Gasteiger partial charge in [0.2, 0.25) is 10.0 Å². The minimum atomic E-state index is -4.50. The first-order chi connectivity index (χ1) is 15.2. The van der Waals surface area contributed by atoms with Crippen LogP contribution in [0.1, 0.15) is 45.7 Å². The summed E-state index contributed by atoms with van der Waals surface area (Å²) in [6.45, 7) is 1.87. The Balaban J connectivity index is 1.55. The second-order valence-electron chi connectivity index (χ2n) is 8.53. The molecule has 0 spiro atoms. The van der Waals surface area contributed by atoms with Gasteiger partial charge < -0.3 is 4.74 Å². The van der Waals surface area contributed by atoms with E-state index in [1.54, 1.807) is 24.3 Å². The predicted molar refractivity (Wildman–Crippen MR) is 111 cm³/mol. The minimum absolute atomic E-state index is 0.141. The van der Waals surface area contributed by atoms with E-state index in [1.807, 2.05) is 31.2 Å². The molecule has 0 N–H and O–H groups in total. The largest absolute Gasteiger partial charge is 0.473 e. The van der Waals surface area contributed by atoms with Gasteiger partial charge in [-0.3, -0.25) is 0 Å². The summed E-state index contributed by atoms with van der Waals surface area (Å²) in [6, 6.07) is 16.8. The molecule has 0 saturated carbocycles. The second-order valence-corrected chi connectivity index (χ2v) is 10.4. The zero-order valence-electron chi connectivity index (χ0n) is 16.9. The number of hydrogen-bond acceptors (Lipinski definition) is 3. The Morgan fingerprint density at radius 3 is 2.25 bits per heavy atom.